The minimum atomic E-state index is -0.464. The van der Waals surface area contributed by atoms with E-state index in [9.17, 15) is 4.79 Å². The van der Waals surface area contributed by atoms with Gasteiger partial charge < -0.3 is 9.15 Å². The van der Waals surface area contributed by atoms with Gasteiger partial charge in [0.2, 0.25) is 0 Å². The van der Waals surface area contributed by atoms with E-state index in [1.54, 1.807) is 6.92 Å². The van der Waals surface area contributed by atoms with Gasteiger partial charge in [-0.2, -0.15) is 4.98 Å². The summed E-state index contributed by atoms with van der Waals surface area (Å²) < 4.78 is 9.92. The van der Waals surface area contributed by atoms with Crippen molar-refractivity contribution in [3.63, 3.8) is 0 Å². The number of methoxy groups -OCH3 is 1. The first-order chi connectivity index (χ1) is 5.15. The summed E-state index contributed by atoms with van der Waals surface area (Å²) in [5.74, 6) is 0.0235. The maximum Gasteiger partial charge on any atom is 0.360 e. The molecule has 0 amide bonds. The van der Waals surface area contributed by atoms with Crippen molar-refractivity contribution in [3.8, 4) is 0 Å². The Labute approximate surface area is 77.1 Å². The van der Waals surface area contributed by atoms with Crippen LogP contribution in [0.25, 0.3) is 0 Å². The molecule has 0 bridgehead atoms. The molecule has 0 N–H and O–H groups in total. The standard InChI is InChI=1S/C6H6INO3/c1-3-4(5(9)10-2)8-6(7)11-3/h1-2H3. The first kappa shape index (κ1) is 8.51. The highest BCUT2D eigenvalue weighted by atomic mass is 127. The Morgan fingerprint density at radius 3 is 2.73 bits per heavy atom. The van der Waals surface area contributed by atoms with Gasteiger partial charge in [-0.3, -0.25) is 0 Å². The van der Waals surface area contributed by atoms with Crippen LogP contribution < -0.4 is 0 Å². The van der Waals surface area contributed by atoms with Crippen LogP contribution in [0.3, 0.4) is 0 Å². The monoisotopic (exact) mass is 267 g/mol. The van der Waals surface area contributed by atoms with Crippen LogP contribution in [0.4, 0.5) is 0 Å². The average Bonchev–Trinajstić information content (AvgIpc) is 2.28. The molecule has 0 atom stereocenters. The van der Waals surface area contributed by atoms with Crippen LogP contribution in [0.5, 0.6) is 0 Å². The molecule has 0 aliphatic heterocycles. The summed E-state index contributed by atoms with van der Waals surface area (Å²) >= 11 is 1.89. The zero-order chi connectivity index (χ0) is 8.43. The number of hydrogen-bond acceptors (Lipinski definition) is 4. The van der Waals surface area contributed by atoms with Crippen LogP contribution in [0, 0.1) is 10.8 Å². The highest BCUT2D eigenvalue weighted by Crippen LogP contribution is 2.11. The van der Waals surface area contributed by atoms with Crippen molar-refractivity contribution in [3.05, 3.63) is 15.4 Å². The molecule has 0 aromatic carbocycles. The highest BCUT2D eigenvalue weighted by molar-refractivity contribution is 14.1. The van der Waals surface area contributed by atoms with Gasteiger partial charge in [0.05, 0.1) is 7.11 Å². The number of rotatable bonds is 1. The van der Waals surface area contributed by atoms with Crippen molar-refractivity contribution >= 4 is 28.6 Å². The molecular formula is C6H6INO3. The smallest absolute Gasteiger partial charge is 0.360 e. The Bertz CT molecular complexity index is 281. The van der Waals surface area contributed by atoms with Gasteiger partial charge in [0.15, 0.2) is 5.69 Å². The molecule has 0 radical (unpaired) electrons. The molecule has 0 aliphatic carbocycles. The zero-order valence-electron chi connectivity index (χ0n) is 6.05. The third kappa shape index (κ3) is 1.70. The molecule has 5 heteroatoms. The number of aromatic nitrogens is 1. The lowest BCUT2D eigenvalue weighted by atomic mass is 10.4. The Hall–Kier alpha value is -0.590. The van der Waals surface area contributed by atoms with Gasteiger partial charge >= 0.3 is 5.97 Å². The zero-order valence-corrected chi connectivity index (χ0v) is 8.21. The van der Waals surface area contributed by atoms with Crippen molar-refractivity contribution < 1.29 is 13.9 Å². The van der Waals surface area contributed by atoms with Crippen LogP contribution in [-0.4, -0.2) is 18.1 Å². The lowest BCUT2D eigenvalue weighted by Crippen LogP contribution is -2.03. The Morgan fingerprint density at radius 2 is 2.36 bits per heavy atom. The fraction of sp³-hybridized carbons (Fsp3) is 0.333. The summed E-state index contributed by atoms with van der Waals surface area (Å²) in [6.07, 6.45) is 0. The van der Waals surface area contributed by atoms with Crippen LogP contribution in [0.15, 0.2) is 4.42 Å². The number of nitrogens with zero attached hydrogens (tertiary/aromatic N) is 1. The Kier molecular flexibility index (Phi) is 2.48. The molecule has 1 heterocycles. The number of halogens is 1. The Morgan fingerprint density at radius 1 is 1.73 bits per heavy atom. The summed E-state index contributed by atoms with van der Waals surface area (Å²) in [7, 11) is 1.31. The second-order valence-corrected chi connectivity index (χ2v) is 2.79. The molecule has 1 aromatic heterocycles. The van der Waals surface area contributed by atoms with E-state index >= 15 is 0 Å². The Balaban J connectivity index is 3.03. The number of carbonyl (C=O) groups excluding carboxylic acids is 1. The first-order valence-electron chi connectivity index (χ1n) is 2.86. The van der Waals surface area contributed by atoms with Crippen molar-refractivity contribution in [1.29, 1.82) is 0 Å². The maximum atomic E-state index is 10.9. The summed E-state index contributed by atoms with van der Waals surface area (Å²) in [6.45, 7) is 1.67. The van der Waals surface area contributed by atoms with Gasteiger partial charge in [-0.1, -0.05) is 0 Å². The average molecular weight is 267 g/mol. The van der Waals surface area contributed by atoms with E-state index in [-0.39, 0.29) is 5.69 Å². The molecule has 0 saturated carbocycles. The van der Waals surface area contributed by atoms with Crippen LogP contribution in [-0.2, 0) is 4.74 Å². The topological polar surface area (TPSA) is 52.3 Å². The molecule has 1 rings (SSSR count). The molecule has 4 nitrogen and oxygen atoms in total. The lowest BCUT2D eigenvalue weighted by molar-refractivity contribution is 0.0593. The van der Waals surface area contributed by atoms with E-state index in [1.807, 2.05) is 22.6 Å². The molecular weight excluding hydrogens is 261 g/mol. The van der Waals surface area contributed by atoms with Crippen molar-refractivity contribution in [1.82, 2.24) is 4.98 Å². The molecule has 0 spiro atoms. The van der Waals surface area contributed by atoms with E-state index < -0.39 is 5.97 Å². The fourth-order valence-corrected chi connectivity index (χ4v) is 1.22. The van der Waals surface area contributed by atoms with E-state index in [0.29, 0.717) is 9.66 Å². The predicted octanol–water partition coefficient (Wildman–Crippen LogP) is 1.37. The number of carbonyl (C=O) groups is 1. The molecule has 1 aromatic rings. The van der Waals surface area contributed by atoms with Gasteiger partial charge in [-0.15, -0.1) is 0 Å². The number of esters is 1. The van der Waals surface area contributed by atoms with Crippen molar-refractivity contribution in [2.24, 2.45) is 0 Å². The molecule has 0 unspecified atom stereocenters. The van der Waals surface area contributed by atoms with Crippen LogP contribution >= 0.6 is 22.6 Å². The second kappa shape index (κ2) is 3.21. The minimum Gasteiger partial charge on any atom is -0.464 e. The molecule has 11 heavy (non-hydrogen) atoms. The van der Waals surface area contributed by atoms with Gasteiger partial charge in [0.25, 0.3) is 3.90 Å². The third-order valence-corrected chi connectivity index (χ3v) is 1.61. The number of aryl methyl sites for hydroxylation is 1. The molecule has 60 valence electrons. The van der Waals surface area contributed by atoms with Crippen molar-refractivity contribution in [2.45, 2.75) is 6.92 Å². The van der Waals surface area contributed by atoms with Crippen LogP contribution in [0.2, 0.25) is 0 Å². The fourth-order valence-electron chi connectivity index (χ4n) is 0.650. The lowest BCUT2D eigenvalue weighted by Gasteiger charge is -1.91. The highest BCUT2D eigenvalue weighted by Gasteiger charge is 2.15. The SMILES string of the molecule is COC(=O)c1nc(I)oc1C. The molecule has 0 saturated heterocycles. The minimum absolute atomic E-state index is 0.247. The van der Waals surface area contributed by atoms with Gasteiger partial charge in [0.1, 0.15) is 5.76 Å². The third-order valence-electron chi connectivity index (χ3n) is 1.15. The quantitative estimate of drug-likeness (QED) is 0.569. The van der Waals surface area contributed by atoms with E-state index in [2.05, 4.69) is 9.72 Å². The van der Waals surface area contributed by atoms with E-state index in [0.717, 1.165) is 0 Å². The normalized spacial score (nSPS) is 9.73. The molecule has 0 fully saturated rings. The van der Waals surface area contributed by atoms with Gasteiger partial charge in [-0.25, -0.2) is 4.79 Å². The summed E-state index contributed by atoms with van der Waals surface area (Å²) in [4.78, 5) is 14.7. The van der Waals surface area contributed by atoms with Gasteiger partial charge in [0, 0.05) is 22.6 Å². The number of ether oxygens (including phenoxy) is 1. The van der Waals surface area contributed by atoms with Crippen molar-refractivity contribution in [2.75, 3.05) is 7.11 Å². The summed E-state index contributed by atoms with van der Waals surface area (Å²) in [6, 6.07) is 0. The summed E-state index contributed by atoms with van der Waals surface area (Å²) in [5.41, 5.74) is 0.247. The number of oxazole rings is 1. The maximum absolute atomic E-state index is 10.9. The van der Waals surface area contributed by atoms with E-state index in [4.69, 9.17) is 4.42 Å². The summed E-state index contributed by atoms with van der Waals surface area (Å²) in [5, 5.41) is 0. The van der Waals surface area contributed by atoms with Crippen LogP contribution in [0.1, 0.15) is 16.2 Å². The second-order valence-electron chi connectivity index (χ2n) is 1.86. The molecule has 0 aliphatic rings. The first-order valence-corrected chi connectivity index (χ1v) is 3.94. The van der Waals surface area contributed by atoms with E-state index in [1.165, 1.54) is 7.11 Å². The number of hydrogen-bond donors (Lipinski definition) is 0. The largest absolute Gasteiger partial charge is 0.464 e. The predicted molar refractivity (Wildman–Crippen MR) is 45.3 cm³/mol. The van der Waals surface area contributed by atoms with Gasteiger partial charge in [-0.05, 0) is 6.92 Å².